The van der Waals surface area contributed by atoms with E-state index in [-0.39, 0.29) is 5.03 Å². The van der Waals surface area contributed by atoms with Crippen molar-refractivity contribution >= 4 is 17.6 Å². The fourth-order valence-corrected chi connectivity index (χ4v) is 2.71. The summed E-state index contributed by atoms with van der Waals surface area (Å²) < 4.78 is 34.9. The van der Waals surface area contributed by atoms with E-state index in [1.165, 1.54) is 24.4 Å². The first-order chi connectivity index (χ1) is 6.81. The molecule has 1 aromatic rings. The minimum atomic E-state index is -4.40. The Morgan fingerprint density at radius 1 is 1.40 bits per heavy atom. The molecule has 3 N–H and O–H groups in total. The van der Waals surface area contributed by atoms with E-state index in [9.17, 15) is 13.0 Å². The van der Waals surface area contributed by atoms with Gasteiger partial charge < -0.3 is 9.79 Å². The highest BCUT2D eigenvalue weighted by Crippen LogP contribution is 2.32. The summed E-state index contributed by atoms with van der Waals surface area (Å²) in [4.78, 5) is 20.5. The average molecular weight is 252 g/mol. The highest BCUT2D eigenvalue weighted by Gasteiger charge is 2.20. The van der Waals surface area contributed by atoms with Crippen molar-refractivity contribution in [1.29, 1.82) is 0 Å². The number of sulfonamides is 1. The Hall–Kier alpha value is -0.790. The van der Waals surface area contributed by atoms with Crippen LogP contribution in [-0.2, 0) is 14.6 Å². The Labute approximate surface area is 86.4 Å². The molecule has 0 atom stereocenters. The highest BCUT2D eigenvalue weighted by molar-refractivity contribution is 7.89. The summed E-state index contributed by atoms with van der Waals surface area (Å²) in [5.74, 6) is 0. The fraction of sp³-hybridized carbons (Fsp3) is 0.167. The first-order valence-corrected chi connectivity index (χ1v) is 7.05. The zero-order valence-electron chi connectivity index (χ0n) is 7.44. The Kier molecular flexibility index (Phi) is 3.58. The lowest BCUT2D eigenvalue weighted by Crippen LogP contribution is -2.25. The predicted octanol–water partition coefficient (Wildman–Crippen LogP) is -0.505. The third-order valence-electron chi connectivity index (χ3n) is 1.37. The molecular formula is C6H9N2O5PS. The Morgan fingerprint density at radius 3 is 2.53 bits per heavy atom. The molecule has 0 aliphatic heterocycles. The molecule has 0 fully saturated rings. The van der Waals surface area contributed by atoms with Gasteiger partial charge in [-0.3, -0.25) is 4.57 Å². The Balaban J connectivity index is 2.82. The second kappa shape index (κ2) is 4.38. The van der Waals surface area contributed by atoms with Crippen LogP contribution < -0.4 is 4.72 Å². The zero-order chi connectivity index (χ0) is 11.5. The summed E-state index contributed by atoms with van der Waals surface area (Å²) in [5, 5.41) is -0.279. The van der Waals surface area contributed by atoms with Gasteiger partial charge in [-0.05, 0) is 12.1 Å². The molecular weight excluding hydrogens is 243 g/mol. The quantitative estimate of drug-likeness (QED) is 0.622. The number of pyridine rings is 1. The van der Waals surface area contributed by atoms with Gasteiger partial charge in [-0.1, -0.05) is 6.07 Å². The molecule has 15 heavy (non-hydrogen) atoms. The van der Waals surface area contributed by atoms with Crippen molar-refractivity contribution in [2.24, 2.45) is 0 Å². The smallest absolute Gasteiger partial charge is 0.324 e. The molecule has 0 amide bonds. The molecule has 0 unspecified atom stereocenters. The standard InChI is InChI=1S/C6H9N2O5PS/c9-14(10,11)5-8-15(12,13)6-3-1-2-4-7-6/h1-4,8H,5H2,(H2,9,10,11). The number of nitrogens with one attached hydrogen (secondary N) is 1. The molecule has 7 nitrogen and oxygen atoms in total. The van der Waals surface area contributed by atoms with Crippen LogP contribution in [0.2, 0.25) is 0 Å². The summed E-state index contributed by atoms with van der Waals surface area (Å²) in [6.07, 6.45) is 0.331. The van der Waals surface area contributed by atoms with Crippen LogP contribution in [0.25, 0.3) is 0 Å². The van der Waals surface area contributed by atoms with Crippen molar-refractivity contribution in [3.05, 3.63) is 24.4 Å². The van der Waals surface area contributed by atoms with Crippen molar-refractivity contribution < 1.29 is 22.8 Å². The normalized spacial score (nSPS) is 12.7. The molecule has 1 heterocycles. The van der Waals surface area contributed by atoms with Crippen molar-refractivity contribution in [3.8, 4) is 0 Å². The van der Waals surface area contributed by atoms with E-state index in [2.05, 4.69) is 4.98 Å². The Morgan fingerprint density at radius 2 is 2.07 bits per heavy atom. The van der Waals surface area contributed by atoms with Crippen LogP contribution in [0.1, 0.15) is 0 Å². The minimum Gasteiger partial charge on any atom is -0.324 e. The van der Waals surface area contributed by atoms with Gasteiger partial charge in [0.25, 0.3) is 10.0 Å². The summed E-state index contributed by atoms with van der Waals surface area (Å²) in [6.45, 7) is 0. The van der Waals surface area contributed by atoms with E-state index >= 15 is 0 Å². The van der Waals surface area contributed by atoms with Gasteiger partial charge in [-0.2, -0.15) is 4.72 Å². The van der Waals surface area contributed by atoms with Crippen LogP contribution in [0.15, 0.2) is 29.4 Å². The maximum absolute atomic E-state index is 11.4. The number of rotatable bonds is 4. The van der Waals surface area contributed by atoms with E-state index < -0.39 is 23.9 Å². The van der Waals surface area contributed by atoms with Gasteiger partial charge in [-0.15, -0.1) is 0 Å². The van der Waals surface area contributed by atoms with Gasteiger partial charge in [0.05, 0.1) is 0 Å². The van der Waals surface area contributed by atoms with Gasteiger partial charge in [0.1, 0.15) is 6.29 Å². The van der Waals surface area contributed by atoms with Gasteiger partial charge in [-0.25, -0.2) is 13.4 Å². The van der Waals surface area contributed by atoms with Crippen LogP contribution in [-0.4, -0.2) is 29.5 Å². The van der Waals surface area contributed by atoms with E-state index in [0.717, 1.165) is 0 Å². The Bertz CT molecular complexity index is 468. The second-order valence-electron chi connectivity index (χ2n) is 2.64. The SMILES string of the molecule is O=P(O)(O)CNS(=O)(=O)c1ccccn1. The zero-order valence-corrected chi connectivity index (χ0v) is 9.15. The van der Waals surface area contributed by atoms with E-state index in [0.29, 0.717) is 0 Å². The largest absolute Gasteiger partial charge is 0.340 e. The summed E-state index contributed by atoms with van der Waals surface area (Å²) in [7, 11) is -8.35. The van der Waals surface area contributed by atoms with Crippen molar-refractivity contribution in [2.45, 2.75) is 5.03 Å². The lowest BCUT2D eigenvalue weighted by Gasteiger charge is -2.06. The predicted molar refractivity (Wildman–Crippen MR) is 51.5 cm³/mol. The van der Waals surface area contributed by atoms with Crippen molar-refractivity contribution in [2.75, 3.05) is 6.29 Å². The molecule has 9 heteroatoms. The van der Waals surface area contributed by atoms with Crippen LogP contribution in [0.3, 0.4) is 0 Å². The summed E-state index contributed by atoms with van der Waals surface area (Å²) in [6, 6.07) is 4.21. The number of hydrogen-bond acceptors (Lipinski definition) is 4. The molecule has 0 bridgehead atoms. The topological polar surface area (TPSA) is 117 Å². The lowest BCUT2D eigenvalue weighted by molar-refractivity contribution is 0.371. The van der Waals surface area contributed by atoms with Crippen molar-refractivity contribution in [1.82, 2.24) is 9.71 Å². The first kappa shape index (κ1) is 12.3. The van der Waals surface area contributed by atoms with Gasteiger partial charge in [0, 0.05) is 6.20 Å². The van der Waals surface area contributed by atoms with Gasteiger partial charge >= 0.3 is 7.60 Å². The highest BCUT2D eigenvalue weighted by atomic mass is 32.2. The molecule has 0 spiro atoms. The van der Waals surface area contributed by atoms with Crippen LogP contribution in [0, 0.1) is 0 Å². The average Bonchev–Trinajstić information content (AvgIpc) is 2.16. The molecule has 84 valence electrons. The summed E-state index contributed by atoms with van der Waals surface area (Å²) in [5.41, 5.74) is 0. The van der Waals surface area contributed by atoms with Gasteiger partial charge in [0.15, 0.2) is 5.03 Å². The van der Waals surface area contributed by atoms with E-state index in [1.54, 1.807) is 4.72 Å². The summed E-state index contributed by atoms with van der Waals surface area (Å²) >= 11 is 0. The molecule has 0 radical (unpaired) electrons. The van der Waals surface area contributed by atoms with Crippen LogP contribution in [0.4, 0.5) is 0 Å². The van der Waals surface area contributed by atoms with Crippen molar-refractivity contribution in [3.63, 3.8) is 0 Å². The van der Waals surface area contributed by atoms with E-state index in [1.807, 2.05) is 0 Å². The molecule has 0 saturated heterocycles. The molecule has 0 saturated carbocycles. The number of nitrogens with zero attached hydrogens (tertiary/aromatic N) is 1. The number of hydrogen-bond donors (Lipinski definition) is 3. The molecule has 0 aliphatic rings. The molecule has 0 aromatic carbocycles. The first-order valence-electron chi connectivity index (χ1n) is 3.76. The molecule has 1 aromatic heterocycles. The minimum absolute atomic E-state index is 0.279. The monoisotopic (exact) mass is 252 g/mol. The van der Waals surface area contributed by atoms with E-state index in [4.69, 9.17) is 9.79 Å². The fourth-order valence-electron chi connectivity index (χ4n) is 0.749. The third-order valence-corrected chi connectivity index (χ3v) is 3.47. The molecule has 0 aliphatic carbocycles. The van der Waals surface area contributed by atoms with Crippen LogP contribution in [0.5, 0.6) is 0 Å². The maximum atomic E-state index is 11.4. The van der Waals surface area contributed by atoms with Gasteiger partial charge in [0.2, 0.25) is 0 Å². The second-order valence-corrected chi connectivity index (χ2v) is 6.00. The maximum Gasteiger partial charge on any atom is 0.340 e. The van der Waals surface area contributed by atoms with Crippen LogP contribution >= 0.6 is 7.60 Å². The number of aromatic nitrogens is 1. The lowest BCUT2D eigenvalue weighted by atomic mass is 10.5. The third kappa shape index (κ3) is 4.06. The molecule has 1 rings (SSSR count).